The van der Waals surface area contributed by atoms with E-state index >= 15 is 0 Å². The predicted molar refractivity (Wildman–Crippen MR) is 523 cm³/mol. The number of hydrogen-bond acceptors (Lipinski definition) is 29. The highest BCUT2D eigenvalue weighted by Crippen LogP contribution is 2.44. The number of aliphatic hydroxyl groups is 3. The lowest BCUT2D eigenvalue weighted by molar-refractivity contribution is 0.0447. The first-order valence-electron chi connectivity index (χ1n) is 46.6. The molecule has 13 heterocycles. The number of pyridine rings is 4. The van der Waals surface area contributed by atoms with Gasteiger partial charge in [-0.2, -0.15) is 4.31 Å². The van der Waals surface area contributed by atoms with Gasteiger partial charge in [0.15, 0.2) is 20.0 Å². The van der Waals surface area contributed by atoms with E-state index in [-0.39, 0.29) is 190 Å². The van der Waals surface area contributed by atoms with Crippen LogP contribution in [0, 0.1) is 13.8 Å². The fourth-order valence-corrected chi connectivity index (χ4v) is 21.7. The van der Waals surface area contributed by atoms with Crippen LogP contribution in [0.1, 0.15) is 304 Å². The molecule has 11 N–H and O–H groups in total. The molecule has 5 saturated heterocycles. The van der Waals surface area contributed by atoms with Crippen LogP contribution >= 0.6 is 45.3 Å². The minimum atomic E-state index is -3.27. The molecule has 43 heteroatoms. The van der Waals surface area contributed by atoms with Crippen molar-refractivity contribution < 1.29 is 79.7 Å². The van der Waals surface area contributed by atoms with E-state index in [1.54, 1.807) is 22.2 Å². The van der Waals surface area contributed by atoms with E-state index in [9.17, 15) is 79.7 Å². The van der Waals surface area contributed by atoms with Gasteiger partial charge in [-0.05, 0) is 230 Å². The number of aryl methyl sites for hydroxylation is 2. The topological polar surface area (TPSA) is 447 Å². The highest BCUT2D eigenvalue weighted by atomic mass is 32.2. The molecule has 8 aromatic heterocycles. The number of amides is 8. The Hall–Kier alpha value is -10.4. The van der Waals surface area contributed by atoms with Gasteiger partial charge in [-0.15, -0.1) is 45.3 Å². The van der Waals surface area contributed by atoms with Crippen LogP contribution in [0.25, 0.3) is 41.8 Å². The SMILES string of the molecule is CC[C@H](CO)NC(=O)c1nc(C(=O)N2CCC[C@@H]2C)c(-c2cnc(NC(C)C)cc2C)s1.C[C@H]1CCCN1C(=O)c1nc(C(=O)N[C@@H]2CC[C@H]2O)sc1-c1cnc(NC(C)(C)C)cc1C(F)F.C[C@H]1CCCN1C(=O)c1nc(C(=O)N[C@H]2CC[C@@H]2O)sc1-c1cnc(NC(C)(C)C)cc1C(F)F.Cc1cc(NC(C)C)ncc1-c1sc(C(=O)NC2CN(S(C)(=O)=O)C2)nc1C(=O)N1CCC[C@@H]1C. The summed E-state index contributed by atoms with van der Waals surface area (Å²) in [6, 6.07) is 5.75. The van der Waals surface area contributed by atoms with Crippen LogP contribution in [0.2, 0.25) is 0 Å². The zero-order chi connectivity index (χ0) is 99.9. The van der Waals surface area contributed by atoms with Crippen LogP contribution in [-0.2, 0) is 10.0 Å². The Kier molecular flexibility index (Phi) is 34.5. The van der Waals surface area contributed by atoms with E-state index in [1.165, 1.54) is 40.2 Å². The molecule has 9 atom stereocenters. The molecule has 2 saturated carbocycles. The zero-order valence-corrected chi connectivity index (χ0v) is 84.7. The molecule has 744 valence electrons. The number of nitrogens with one attached hydrogen (secondary N) is 8. The Bertz CT molecular complexity index is 5660. The number of nitrogens with zero attached hydrogens (tertiary/aromatic N) is 13. The molecular weight excluding hydrogens is 1870 g/mol. The molecule has 0 bridgehead atoms. The van der Waals surface area contributed by atoms with Gasteiger partial charge >= 0.3 is 0 Å². The number of sulfonamides is 1. The number of aliphatic hydroxyl groups excluding tert-OH is 3. The standard InChI is InChI=1S/2C24H31F2N5O3S.C23H32N6O4S2.C23H33N5O3S/c2*1-12-6-5-9-31(12)23(34)18-19(35-22(29-18)21(33)28-15-7-8-16(15)32)14-11-27-17(30-24(2,3)4)10-13(14)20(25)26;1-13(2)25-18-9-14(3)17(10-24-18)20-19(23(31)29-8-6-7-15(29)4)27-22(34-20)21(30)26-16-11-28(12-16)35(5,32)33;1-6-16(12-29)26-21(30)22-27-19(23(31)28-9-7-8-15(28)5)20(32-22)17-11-24-18(10-14(17)4)25-13(2)3/h2*10-12,15-16,20,32H,5-9H2,1-4H3,(H,27,30)(H,28,33);9-10,13,15-16H,6-8,11-12H2,1-5H3,(H,24,25)(H,26,30);10-11,13,15-16,29H,6-9,12H2,1-5H3,(H,24,25)(H,26,30)/t12-,15+,16+;12-,15-,16-;15-;15-,16+/m0000/s1. The Morgan fingerprint density at radius 2 is 0.766 bits per heavy atom. The Labute approximate surface area is 812 Å². The molecule has 7 aliphatic rings. The summed E-state index contributed by atoms with van der Waals surface area (Å²) >= 11 is 4.14. The van der Waals surface area contributed by atoms with Crippen LogP contribution in [-0.4, -0.2) is 271 Å². The molecule has 34 nitrogen and oxygen atoms in total. The molecule has 0 aromatic carbocycles. The number of thiazole rings is 4. The first-order valence-corrected chi connectivity index (χ1v) is 51.7. The third kappa shape index (κ3) is 26.0. The summed E-state index contributed by atoms with van der Waals surface area (Å²) in [5, 5.41) is 53.3. The average molecular weight is 2000 g/mol. The van der Waals surface area contributed by atoms with Crippen molar-refractivity contribution in [3.8, 4) is 41.8 Å². The van der Waals surface area contributed by atoms with Crippen molar-refractivity contribution in [2.24, 2.45) is 0 Å². The molecule has 137 heavy (non-hydrogen) atoms. The quantitative estimate of drug-likeness (QED) is 0.0213. The second kappa shape index (κ2) is 44.8. The number of alkyl halides is 4. The number of aromatic nitrogens is 8. The first-order chi connectivity index (χ1) is 64.6. The van der Waals surface area contributed by atoms with E-state index in [2.05, 4.69) is 82.4 Å². The van der Waals surface area contributed by atoms with Gasteiger partial charge in [0.05, 0.1) is 68.7 Å². The molecule has 2 aliphatic carbocycles. The smallest absolute Gasteiger partial charge is 0.280 e. The summed E-state index contributed by atoms with van der Waals surface area (Å²) in [6.45, 7) is 36.0. The third-order valence-electron chi connectivity index (χ3n) is 24.6. The molecule has 8 aromatic rings. The molecule has 7 fully saturated rings. The van der Waals surface area contributed by atoms with E-state index in [0.29, 0.717) is 85.4 Å². The summed E-state index contributed by atoms with van der Waals surface area (Å²) in [5.41, 5.74) is 2.73. The van der Waals surface area contributed by atoms with Gasteiger partial charge < -0.3 is 77.5 Å². The first kappa shape index (κ1) is 105. The van der Waals surface area contributed by atoms with Gasteiger partial charge in [-0.3, -0.25) is 38.4 Å². The highest BCUT2D eigenvalue weighted by Gasteiger charge is 2.42. The molecule has 8 amide bonds. The molecular formula is C94H127F4N21O13S5. The summed E-state index contributed by atoms with van der Waals surface area (Å²) in [5.74, 6) is -0.892. The van der Waals surface area contributed by atoms with Crippen molar-refractivity contribution in [3.63, 3.8) is 0 Å². The maximum absolute atomic E-state index is 14.2. The molecule has 5 aliphatic heterocycles. The number of anilines is 4. The minimum absolute atomic E-state index is 0.00795. The largest absolute Gasteiger partial charge is 0.394 e. The van der Waals surface area contributed by atoms with E-state index < -0.39 is 52.8 Å². The number of carbonyl (C=O) groups is 8. The maximum Gasteiger partial charge on any atom is 0.280 e. The van der Waals surface area contributed by atoms with E-state index in [0.717, 1.165) is 126 Å². The van der Waals surface area contributed by atoms with Crippen molar-refractivity contribution in [2.75, 3.05) is 73.4 Å². The van der Waals surface area contributed by atoms with Gasteiger partial charge in [-0.25, -0.2) is 65.9 Å². The summed E-state index contributed by atoms with van der Waals surface area (Å²) < 4.78 is 81.3. The van der Waals surface area contributed by atoms with E-state index in [1.807, 2.05) is 140 Å². The summed E-state index contributed by atoms with van der Waals surface area (Å²) in [7, 11) is -3.27. The van der Waals surface area contributed by atoms with Crippen LogP contribution < -0.4 is 42.5 Å². The van der Waals surface area contributed by atoms with Crippen LogP contribution in [0.4, 0.5) is 40.8 Å². The van der Waals surface area contributed by atoms with Crippen LogP contribution in [0.5, 0.6) is 0 Å². The molecule has 15 rings (SSSR count). The monoisotopic (exact) mass is 1990 g/mol. The van der Waals surface area contributed by atoms with Crippen molar-refractivity contribution in [1.82, 2.24) is 85.0 Å². The third-order valence-corrected chi connectivity index (χ3v) is 30.2. The molecule has 0 spiro atoms. The van der Waals surface area contributed by atoms with Crippen molar-refractivity contribution in [1.29, 1.82) is 0 Å². The van der Waals surface area contributed by atoms with Crippen LogP contribution in [0.15, 0.2) is 49.1 Å². The number of rotatable bonds is 27. The van der Waals surface area contributed by atoms with Gasteiger partial charge in [0.25, 0.3) is 60.1 Å². The predicted octanol–water partition coefficient (Wildman–Crippen LogP) is 14.3. The number of halogens is 4. The fraction of sp³-hybridized carbons (Fsp3) is 0.574. The van der Waals surface area contributed by atoms with E-state index in [4.69, 9.17) is 0 Å². The van der Waals surface area contributed by atoms with Gasteiger partial charge in [0.2, 0.25) is 10.0 Å². The second-order valence-electron chi connectivity index (χ2n) is 38.7. The molecule has 0 radical (unpaired) electrons. The van der Waals surface area contributed by atoms with Crippen molar-refractivity contribution in [3.05, 3.63) is 114 Å². The lowest BCUT2D eigenvalue weighted by Gasteiger charge is -2.37. The zero-order valence-electron chi connectivity index (χ0n) is 80.6. The maximum atomic E-state index is 14.2. The fourth-order valence-electron chi connectivity index (χ4n) is 16.7. The van der Waals surface area contributed by atoms with Crippen molar-refractivity contribution in [2.45, 2.75) is 298 Å². The Morgan fingerprint density at radius 1 is 0.460 bits per heavy atom. The summed E-state index contributed by atoms with van der Waals surface area (Å²) in [6.07, 6.45) is 10.6. The van der Waals surface area contributed by atoms with Crippen LogP contribution in [0.3, 0.4) is 0 Å². The lowest BCUT2D eigenvalue weighted by Crippen LogP contribution is -2.60. The van der Waals surface area contributed by atoms with Crippen molar-refractivity contribution >= 4 is 126 Å². The van der Waals surface area contributed by atoms with Gasteiger partial charge in [0.1, 0.15) is 46.0 Å². The molecule has 0 unspecified atom stereocenters. The van der Waals surface area contributed by atoms with Gasteiger partial charge in [-0.1, -0.05) is 6.92 Å². The Balaban J connectivity index is 0.000000164. The lowest BCUT2D eigenvalue weighted by atomic mass is 9.89. The highest BCUT2D eigenvalue weighted by molar-refractivity contribution is 7.88. The summed E-state index contributed by atoms with van der Waals surface area (Å²) in [4.78, 5) is 149. The number of carbonyl (C=O) groups excluding carboxylic acids is 8. The normalized spacial score (nSPS) is 20.2. The van der Waals surface area contributed by atoms with Gasteiger partial charge in [0, 0.05) is 145 Å². The minimum Gasteiger partial charge on any atom is -0.394 e. The Morgan fingerprint density at radius 3 is 1.02 bits per heavy atom. The second-order valence-corrected chi connectivity index (χ2v) is 44.7. The number of hydrogen-bond donors (Lipinski definition) is 11. The number of likely N-dealkylation sites (tertiary alicyclic amines) is 4. The average Bonchev–Trinajstić information content (AvgIpc) is 1.67.